The highest BCUT2D eigenvalue weighted by atomic mass is 79.9. The Balaban J connectivity index is 1.87. The van der Waals surface area contributed by atoms with Crippen molar-refractivity contribution in [2.75, 3.05) is 0 Å². The molecule has 0 radical (unpaired) electrons. The number of nitrogens with zero attached hydrogens (tertiary/aromatic N) is 1. The number of aliphatic hydroxyl groups excluding tert-OH is 1. The lowest BCUT2D eigenvalue weighted by Crippen LogP contribution is -2.52. The van der Waals surface area contributed by atoms with Crippen LogP contribution in [0.1, 0.15) is 30.7 Å². The first-order valence-electron chi connectivity index (χ1n) is 6.52. The fraction of sp³-hybridized carbons (Fsp3) is 0.500. The Morgan fingerprint density at radius 1 is 1.26 bits per heavy atom. The van der Waals surface area contributed by atoms with Crippen LogP contribution in [0, 0.1) is 0 Å². The number of aliphatic hydroxyl groups is 1. The summed E-state index contributed by atoms with van der Waals surface area (Å²) in [5.41, 5.74) is 1.10. The molecule has 4 nitrogen and oxygen atoms in total. The topological polar surface area (TPSA) is 60.8 Å². The maximum Gasteiger partial charge on any atom is 0.407 e. The third-order valence-electron chi connectivity index (χ3n) is 4.40. The van der Waals surface area contributed by atoms with Gasteiger partial charge >= 0.3 is 6.09 Å². The smallest absolute Gasteiger partial charge is 0.407 e. The lowest BCUT2D eigenvalue weighted by Gasteiger charge is -2.41. The zero-order chi connectivity index (χ0) is 13.6. The Morgan fingerprint density at radius 3 is 2.58 bits per heavy atom. The molecule has 2 saturated heterocycles. The van der Waals surface area contributed by atoms with Gasteiger partial charge in [-0.3, -0.25) is 4.90 Å². The zero-order valence-corrected chi connectivity index (χ0v) is 12.0. The molecule has 102 valence electrons. The van der Waals surface area contributed by atoms with E-state index in [-0.39, 0.29) is 18.0 Å². The number of benzene rings is 1. The summed E-state index contributed by atoms with van der Waals surface area (Å²) in [5.74, 6) is 0.0428. The van der Waals surface area contributed by atoms with E-state index in [1.165, 1.54) is 4.90 Å². The molecular weight excluding hydrogens is 310 g/mol. The van der Waals surface area contributed by atoms with Crippen LogP contribution in [-0.4, -0.2) is 39.4 Å². The van der Waals surface area contributed by atoms with E-state index >= 15 is 0 Å². The van der Waals surface area contributed by atoms with Crippen molar-refractivity contribution < 1.29 is 15.0 Å². The van der Waals surface area contributed by atoms with Crippen LogP contribution in [-0.2, 0) is 0 Å². The number of carboxylic acid groups (broad SMARTS) is 1. The second-order valence-electron chi connectivity index (χ2n) is 5.37. The van der Waals surface area contributed by atoms with E-state index in [0.29, 0.717) is 6.42 Å². The van der Waals surface area contributed by atoms with Crippen molar-refractivity contribution in [3.63, 3.8) is 0 Å². The van der Waals surface area contributed by atoms with E-state index in [9.17, 15) is 15.0 Å². The maximum atomic E-state index is 11.3. The summed E-state index contributed by atoms with van der Waals surface area (Å²) in [6, 6.07) is 7.76. The van der Waals surface area contributed by atoms with Gasteiger partial charge in [0.25, 0.3) is 0 Å². The van der Waals surface area contributed by atoms with Crippen LogP contribution in [0.5, 0.6) is 0 Å². The minimum atomic E-state index is -0.902. The molecular formula is C14H16BrNO3. The first-order chi connectivity index (χ1) is 9.08. The lowest BCUT2D eigenvalue weighted by atomic mass is 9.83. The van der Waals surface area contributed by atoms with Crippen molar-refractivity contribution in [3.05, 3.63) is 34.3 Å². The molecule has 1 aromatic carbocycles. The van der Waals surface area contributed by atoms with Crippen molar-refractivity contribution in [1.29, 1.82) is 0 Å². The van der Waals surface area contributed by atoms with Gasteiger partial charge in [-0.1, -0.05) is 28.1 Å². The van der Waals surface area contributed by atoms with Crippen LogP contribution in [0.3, 0.4) is 0 Å². The van der Waals surface area contributed by atoms with Gasteiger partial charge in [-0.25, -0.2) is 4.79 Å². The van der Waals surface area contributed by atoms with Crippen molar-refractivity contribution >= 4 is 22.0 Å². The molecule has 1 aromatic rings. The Morgan fingerprint density at radius 2 is 1.95 bits per heavy atom. The summed E-state index contributed by atoms with van der Waals surface area (Å²) in [5, 5.41) is 19.7. The number of amides is 1. The monoisotopic (exact) mass is 325 g/mol. The second kappa shape index (κ2) is 4.80. The summed E-state index contributed by atoms with van der Waals surface area (Å²) in [7, 11) is 0. The Hall–Kier alpha value is -1.07. The molecule has 2 fully saturated rings. The maximum absolute atomic E-state index is 11.3. The number of hydrogen-bond donors (Lipinski definition) is 2. The molecule has 2 N–H and O–H groups in total. The Kier molecular flexibility index (Phi) is 3.27. The summed E-state index contributed by atoms with van der Waals surface area (Å²) < 4.78 is 1.01. The van der Waals surface area contributed by atoms with Crippen LogP contribution < -0.4 is 0 Å². The fourth-order valence-electron chi connectivity index (χ4n) is 3.52. The van der Waals surface area contributed by atoms with Crippen molar-refractivity contribution in [2.24, 2.45) is 0 Å². The SMILES string of the molecule is O=C(O)N1C2CCC1C(O)C(c1ccc(Br)cc1)C2. The molecule has 2 bridgehead atoms. The molecule has 5 heteroatoms. The number of carbonyl (C=O) groups is 1. The van der Waals surface area contributed by atoms with Gasteiger partial charge in [-0.2, -0.15) is 0 Å². The van der Waals surface area contributed by atoms with Crippen molar-refractivity contribution in [1.82, 2.24) is 4.90 Å². The highest BCUT2D eigenvalue weighted by molar-refractivity contribution is 9.10. The van der Waals surface area contributed by atoms with Crippen molar-refractivity contribution in [3.8, 4) is 0 Å². The van der Waals surface area contributed by atoms with Crippen molar-refractivity contribution in [2.45, 2.75) is 43.4 Å². The van der Waals surface area contributed by atoms with Crippen LogP contribution >= 0.6 is 15.9 Å². The number of fused-ring (bicyclic) bond motifs is 2. The summed E-state index contributed by atoms with van der Waals surface area (Å²) in [6.07, 6.45) is 0.842. The van der Waals surface area contributed by atoms with Crippen LogP contribution in [0.15, 0.2) is 28.7 Å². The Labute approximate surface area is 120 Å². The molecule has 0 saturated carbocycles. The first-order valence-corrected chi connectivity index (χ1v) is 7.32. The highest BCUT2D eigenvalue weighted by Gasteiger charge is 2.49. The summed E-state index contributed by atoms with van der Waals surface area (Å²) in [6.45, 7) is 0. The van der Waals surface area contributed by atoms with Gasteiger partial charge in [0.1, 0.15) is 0 Å². The van der Waals surface area contributed by atoms with Gasteiger partial charge in [-0.05, 0) is 37.0 Å². The molecule has 0 aliphatic carbocycles. The van der Waals surface area contributed by atoms with E-state index in [1.807, 2.05) is 24.3 Å². The molecule has 19 heavy (non-hydrogen) atoms. The van der Waals surface area contributed by atoms with Gasteiger partial charge in [0.2, 0.25) is 0 Å². The Bertz CT molecular complexity index is 490. The van der Waals surface area contributed by atoms with Gasteiger partial charge in [0.05, 0.1) is 12.1 Å². The summed E-state index contributed by atoms with van der Waals surface area (Å²) in [4.78, 5) is 12.7. The second-order valence-corrected chi connectivity index (χ2v) is 6.29. The van der Waals surface area contributed by atoms with Gasteiger partial charge in [0, 0.05) is 16.4 Å². The quantitative estimate of drug-likeness (QED) is 0.834. The fourth-order valence-corrected chi connectivity index (χ4v) is 3.79. The molecule has 3 rings (SSSR count). The molecule has 2 aliphatic rings. The summed E-state index contributed by atoms with van der Waals surface area (Å²) >= 11 is 3.40. The molecule has 2 aliphatic heterocycles. The largest absolute Gasteiger partial charge is 0.465 e. The third-order valence-corrected chi connectivity index (χ3v) is 4.93. The number of halogens is 1. The van der Waals surface area contributed by atoms with Crippen LogP contribution in [0.4, 0.5) is 4.79 Å². The van der Waals surface area contributed by atoms with Crippen LogP contribution in [0.2, 0.25) is 0 Å². The van der Waals surface area contributed by atoms with Gasteiger partial charge in [-0.15, -0.1) is 0 Å². The standard InChI is InChI=1S/C14H16BrNO3/c15-9-3-1-8(2-4-9)11-7-10-5-6-12(13(11)17)16(10)14(18)19/h1-4,10-13,17H,5-7H2,(H,18,19). The zero-order valence-electron chi connectivity index (χ0n) is 10.4. The molecule has 0 aromatic heterocycles. The lowest BCUT2D eigenvalue weighted by molar-refractivity contribution is 0.00436. The number of piperidine rings is 1. The van der Waals surface area contributed by atoms with E-state index < -0.39 is 12.2 Å². The third kappa shape index (κ3) is 2.15. The van der Waals surface area contributed by atoms with Gasteiger partial charge in [0.15, 0.2) is 0 Å². The predicted molar refractivity (Wildman–Crippen MR) is 74.2 cm³/mol. The van der Waals surface area contributed by atoms with E-state index in [1.54, 1.807) is 0 Å². The first kappa shape index (κ1) is 12.9. The molecule has 4 atom stereocenters. The molecule has 4 unspecified atom stereocenters. The normalized spacial score (nSPS) is 33.5. The molecule has 2 heterocycles. The minimum Gasteiger partial charge on any atom is -0.465 e. The van der Waals surface area contributed by atoms with E-state index in [0.717, 1.165) is 22.9 Å². The van der Waals surface area contributed by atoms with E-state index in [2.05, 4.69) is 15.9 Å². The van der Waals surface area contributed by atoms with Crippen LogP contribution in [0.25, 0.3) is 0 Å². The number of rotatable bonds is 1. The average Bonchev–Trinajstić information content (AvgIpc) is 2.73. The molecule has 1 amide bonds. The number of hydrogen-bond acceptors (Lipinski definition) is 2. The molecule has 0 spiro atoms. The predicted octanol–water partition coefficient (Wildman–Crippen LogP) is 2.81. The van der Waals surface area contributed by atoms with Gasteiger partial charge < -0.3 is 10.2 Å². The average molecular weight is 326 g/mol. The highest BCUT2D eigenvalue weighted by Crippen LogP contribution is 2.43. The van der Waals surface area contributed by atoms with E-state index in [4.69, 9.17) is 0 Å². The minimum absolute atomic E-state index is 0.0428.